The van der Waals surface area contributed by atoms with E-state index >= 15 is 0 Å². The summed E-state index contributed by atoms with van der Waals surface area (Å²) < 4.78 is 0. The molecule has 27 heavy (non-hydrogen) atoms. The first-order valence-electron chi connectivity index (χ1n) is 9.34. The Morgan fingerprint density at radius 1 is 1.19 bits per heavy atom. The first-order valence-corrected chi connectivity index (χ1v) is 9.72. The SMILES string of the molecule is C=C(C)C1CCN(C(=O)c2ccc3c(-c4cccc(Cl)c4)c[nH]c3c2)CC1. The van der Waals surface area contributed by atoms with E-state index in [2.05, 4.69) is 18.5 Å². The van der Waals surface area contributed by atoms with E-state index in [9.17, 15) is 4.79 Å². The molecular weight excluding hydrogens is 356 g/mol. The highest BCUT2D eigenvalue weighted by Crippen LogP contribution is 2.31. The Bertz CT molecular complexity index is 1010. The number of halogens is 1. The maximum Gasteiger partial charge on any atom is 0.253 e. The zero-order chi connectivity index (χ0) is 19.0. The van der Waals surface area contributed by atoms with Crippen LogP contribution < -0.4 is 0 Å². The van der Waals surface area contributed by atoms with Crippen molar-refractivity contribution < 1.29 is 4.79 Å². The van der Waals surface area contributed by atoms with Gasteiger partial charge in [0.1, 0.15) is 0 Å². The van der Waals surface area contributed by atoms with E-state index in [-0.39, 0.29) is 5.91 Å². The Hall–Kier alpha value is -2.52. The Morgan fingerprint density at radius 2 is 1.96 bits per heavy atom. The number of rotatable bonds is 3. The van der Waals surface area contributed by atoms with E-state index in [0.29, 0.717) is 10.9 Å². The van der Waals surface area contributed by atoms with Gasteiger partial charge in [-0.15, -0.1) is 0 Å². The molecule has 2 aromatic carbocycles. The van der Waals surface area contributed by atoms with Crippen molar-refractivity contribution in [1.29, 1.82) is 0 Å². The average molecular weight is 379 g/mol. The molecule has 1 N–H and O–H groups in total. The van der Waals surface area contributed by atoms with Crippen molar-refractivity contribution in [3.05, 3.63) is 71.4 Å². The molecule has 2 heterocycles. The fourth-order valence-electron chi connectivity index (χ4n) is 3.91. The number of carbonyl (C=O) groups is 1. The van der Waals surface area contributed by atoms with Crippen molar-refractivity contribution in [2.45, 2.75) is 19.8 Å². The molecule has 0 unspecified atom stereocenters. The number of carbonyl (C=O) groups excluding carboxylic acids is 1. The van der Waals surface area contributed by atoms with Crippen molar-refractivity contribution in [2.75, 3.05) is 13.1 Å². The van der Waals surface area contributed by atoms with Crippen LogP contribution in [-0.2, 0) is 0 Å². The minimum atomic E-state index is 0.107. The summed E-state index contributed by atoms with van der Waals surface area (Å²) in [6, 6.07) is 13.7. The molecule has 3 aromatic rings. The molecule has 1 saturated heterocycles. The molecule has 0 atom stereocenters. The van der Waals surface area contributed by atoms with E-state index in [1.54, 1.807) is 0 Å². The van der Waals surface area contributed by atoms with Crippen LogP contribution in [0.5, 0.6) is 0 Å². The largest absolute Gasteiger partial charge is 0.361 e. The lowest BCUT2D eigenvalue weighted by molar-refractivity contribution is 0.0702. The van der Waals surface area contributed by atoms with Gasteiger partial charge in [0.15, 0.2) is 0 Å². The number of nitrogens with one attached hydrogen (secondary N) is 1. The number of allylic oxidation sites excluding steroid dienone is 1. The van der Waals surface area contributed by atoms with Crippen LogP contribution in [0.2, 0.25) is 5.02 Å². The van der Waals surface area contributed by atoms with Gasteiger partial charge in [-0.1, -0.05) is 42.0 Å². The highest BCUT2D eigenvalue weighted by atomic mass is 35.5. The van der Waals surface area contributed by atoms with E-state index in [1.807, 2.05) is 53.6 Å². The Balaban J connectivity index is 1.58. The summed E-state index contributed by atoms with van der Waals surface area (Å²) in [5, 5.41) is 1.81. The molecule has 0 aliphatic carbocycles. The van der Waals surface area contributed by atoms with Gasteiger partial charge in [-0.3, -0.25) is 4.79 Å². The van der Waals surface area contributed by atoms with Gasteiger partial charge in [0, 0.05) is 46.3 Å². The summed E-state index contributed by atoms with van der Waals surface area (Å²) >= 11 is 6.13. The number of piperidine rings is 1. The smallest absolute Gasteiger partial charge is 0.253 e. The van der Waals surface area contributed by atoms with Gasteiger partial charge in [0.25, 0.3) is 5.91 Å². The number of benzene rings is 2. The van der Waals surface area contributed by atoms with Gasteiger partial charge < -0.3 is 9.88 Å². The minimum Gasteiger partial charge on any atom is -0.361 e. The summed E-state index contributed by atoms with van der Waals surface area (Å²) in [5.74, 6) is 0.649. The third kappa shape index (κ3) is 3.52. The number of likely N-dealkylation sites (tertiary alicyclic amines) is 1. The molecule has 0 bridgehead atoms. The van der Waals surface area contributed by atoms with Gasteiger partial charge >= 0.3 is 0 Å². The number of aromatic amines is 1. The van der Waals surface area contributed by atoms with Crippen molar-refractivity contribution in [2.24, 2.45) is 5.92 Å². The number of aromatic nitrogens is 1. The van der Waals surface area contributed by atoms with Crippen molar-refractivity contribution in [3.8, 4) is 11.1 Å². The molecule has 0 radical (unpaired) electrons. The van der Waals surface area contributed by atoms with Gasteiger partial charge in [-0.05, 0) is 55.5 Å². The molecule has 4 heteroatoms. The summed E-state index contributed by atoms with van der Waals surface area (Å²) in [7, 11) is 0. The lowest BCUT2D eigenvalue weighted by atomic mass is 9.91. The van der Waals surface area contributed by atoms with Crippen LogP contribution in [0.1, 0.15) is 30.1 Å². The first kappa shape index (κ1) is 17.9. The maximum atomic E-state index is 12.9. The molecule has 1 fully saturated rings. The Morgan fingerprint density at radius 3 is 2.67 bits per heavy atom. The Kier molecular flexibility index (Phi) is 4.79. The number of H-pyrrole nitrogens is 1. The van der Waals surface area contributed by atoms with E-state index in [4.69, 9.17) is 11.6 Å². The second kappa shape index (κ2) is 7.24. The molecular formula is C23H23ClN2O. The highest BCUT2D eigenvalue weighted by molar-refractivity contribution is 6.30. The maximum absolute atomic E-state index is 12.9. The molecule has 0 spiro atoms. The van der Waals surface area contributed by atoms with Gasteiger partial charge in [-0.25, -0.2) is 0 Å². The van der Waals surface area contributed by atoms with Gasteiger partial charge in [-0.2, -0.15) is 0 Å². The van der Waals surface area contributed by atoms with Crippen LogP contribution >= 0.6 is 11.6 Å². The number of hydrogen-bond acceptors (Lipinski definition) is 1. The van der Waals surface area contributed by atoms with Crippen molar-refractivity contribution >= 4 is 28.4 Å². The van der Waals surface area contributed by atoms with Crippen LogP contribution in [0.4, 0.5) is 0 Å². The molecule has 138 valence electrons. The molecule has 1 aliphatic heterocycles. The molecule has 1 aromatic heterocycles. The lowest BCUT2D eigenvalue weighted by Crippen LogP contribution is -2.38. The zero-order valence-corrected chi connectivity index (χ0v) is 16.2. The average Bonchev–Trinajstić information content (AvgIpc) is 3.10. The lowest BCUT2D eigenvalue weighted by Gasteiger charge is -2.32. The molecule has 4 rings (SSSR count). The summed E-state index contributed by atoms with van der Waals surface area (Å²) in [6.45, 7) is 7.74. The van der Waals surface area contributed by atoms with E-state index < -0.39 is 0 Å². The van der Waals surface area contributed by atoms with Crippen LogP contribution in [0.3, 0.4) is 0 Å². The van der Waals surface area contributed by atoms with E-state index in [0.717, 1.165) is 53.5 Å². The normalized spacial score (nSPS) is 15.3. The van der Waals surface area contributed by atoms with Crippen LogP contribution in [0.15, 0.2) is 60.8 Å². The van der Waals surface area contributed by atoms with Gasteiger partial charge in [0.05, 0.1) is 0 Å². The number of amides is 1. The Labute approximate surface area is 164 Å². The second-order valence-electron chi connectivity index (χ2n) is 7.39. The molecule has 3 nitrogen and oxygen atoms in total. The number of hydrogen-bond donors (Lipinski definition) is 1. The third-order valence-corrected chi connectivity index (χ3v) is 5.78. The fourth-order valence-corrected chi connectivity index (χ4v) is 4.10. The highest BCUT2D eigenvalue weighted by Gasteiger charge is 2.24. The predicted molar refractivity (Wildman–Crippen MR) is 112 cm³/mol. The second-order valence-corrected chi connectivity index (χ2v) is 7.82. The number of fused-ring (bicyclic) bond motifs is 1. The first-order chi connectivity index (χ1) is 13.0. The summed E-state index contributed by atoms with van der Waals surface area (Å²) in [5.41, 5.74) is 5.08. The summed E-state index contributed by atoms with van der Waals surface area (Å²) in [6.07, 6.45) is 3.98. The zero-order valence-electron chi connectivity index (χ0n) is 15.5. The fraction of sp³-hybridized carbons (Fsp3) is 0.261. The third-order valence-electron chi connectivity index (χ3n) is 5.54. The molecule has 0 saturated carbocycles. The minimum absolute atomic E-state index is 0.107. The van der Waals surface area contributed by atoms with Crippen molar-refractivity contribution in [1.82, 2.24) is 9.88 Å². The standard InChI is InChI=1S/C23H23ClN2O/c1-15(2)16-8-10-26(11-9-16)23(27)18-6-7-20-21(14-25-22(20)13-18)17-4-3-5-19(24)12-17/h3-7,12-14,16,25H,1,8-11H2,2H3. The van der Waals surface area contributed by atoms with Crippen LogP contribution in [0, 0.1) is 5.92 Å². The summed E-state index contributed by atoms with van der Waals surface area (Å²) in [4.78, 5) is 18.2. The topological polar surface area (TPSA) is 36.1 Å². The monoisotopic (exact) mass is 378 g/mol. The molecule has 1 aliphatic rings. The molecule has 1 amide bonds. The van der Waals surface area contributed by atoms with Crippen molar-refractivity contribution in [3.63, 3.8) is 0 Å². The van der Waals surface area contributed by atoms with Crippen LogP contribution in [0.25, 0.3) is 22.0 Å². The quantitative estimate of drug-likeness (QED) is 0.564. The predicted octanol–water partition coefficient (Wildman–Crippen LogP) is 5.92. The van der Waals surface area contributed by atoms with E-state index in [1.165, 1.54) is 5.57 Å². The number of nitrogens with zero attached hydrogens (tertiary/aromatic N) is 1. The van der Waals surface area contributed by atoms with Crippen LogP contribution in [-0.4, -0.2) is 28.9 Å². The van der Waals surface area contributed by atoms with Gasteiger partial charge in [0.2, 0.25) is 0 Å².